The lowest BCUT2D eigenvalue weighted by molar-refractivity contribution is -0.304. The number of aromatic nitrogens is 2. The molecule has 2 fully saturated rings. The van der Waals surface area contributed by atoms with Crippen molar-refractivity contribution in [2.75, 3.05) is 13.2 Å². The van der Waals surface area contributed by atoms with Gasteiger partial charge in [0.05, 0.1) is 31.5 Å². The van der Waals surface area contributed by atoms with E-state index in [-0.39, 0.29) is 12.0 Å². The van der Waals surface area contributed by atoms with Crippen LogP contribution in [0.2, 0.25) is 0 Å². The van der Waals surface area contributed by atoms with Gasteiger partial charge in [0.25, 0.3) is 5.56 Å². The van der Waals surface area contributed by atoms with Gasteiger partial charge >= 0.3 is 5.69 Å². The van der Waals surface area contributed by atoms with Gasteiger partial charge < -0.3 is 44.8 Å². The molecule has 0 radical (unpaired) electrons. The molecule has 0 saturated carbocycles. The zero-order chi connectivity index (χ0) is 21.3. The van der Waals surface area contributed by atoms with Crippen molar-refractivity contribution in [1.29, 1.82) is 0 Å². The van der Waals surface area contributed by atoms with Crippen molar-refractivity contribution in [2.45, 2.75) is 62.2 Å². The van der Waals surface area contributed by atoms with E-state index in [4.69, 9.17) is 19.3 Å². The minimum atomic E-state index is -1.64. The molecule has 2 saturated heterocycles. The van der Waals surface area contributed by atoms with Crippen molar-refractivity contribution >= 4 is 0 Å². The Morgan fingerprint density at radius 1 is 1.03 bits per heavy atom. The average Bonchev–Trinajstić information content (AvgIpc) is 3.07. The third kappa shape index (κ3) is 4.42. The molecular weight excluding hydrogens is 396 g/mol. The molecule has 3 rings (SSSR count). The number of H-pyrrole nitrogens is 1. The second-order valence-corrected chi connectivity index (χ2v) is 6.94. The third-order valence-corrected chi connectivity index (χ3v) is 4.99. The van der Waals surface area contributed by atoms with E-state index in [1.807, 2.05) is 0 Å². The van der Waals surface area contributed by atoms with E-state index >= 15 is 0 Å². The van der Waals surface area contributed by atoms with E-state index in [0.717, 1.165) is 10.8 Å². The van der Waals surface area contributed by atoms with Gasteiger partial charge in [0.2, 0.25) is 0 Å². The smallest absolute Gasteiger partial charge is 0.330 e. The molecule has 0 unspecified atom stereocenters. The van der Waals surface area contributed by atoms with Crippen molar-refractivity contribution in [2.24, 2.45) is 0 Å². The van der Waals surface area contributed by atoms with Crippen molar-refractivity contribution in [1.82, 2.24) is 9.55 Å². The number of rotatable bonds is 6. The first kappa shape index (κ1) is 22.0. The zero-order valence-corrected chi connectivity index (χ0v) is 15.2. The first-order valence-corrected chi connectivity index (χ1v) is 8.97. The van der Waals surface area contributed by atoms with Gasteiger partial charge in [0.15, 0.2) is 6.29 Å². The van der Waals surface area contributed by atoms with Crippen LogP contribution in [-0.4, -0.2) is 96.3 Å². The van der Waals surface area contributed by atoms with Gasteiger partial charge in [0, 0.05) is 12.6 Å². The van der Waals surface area contributed by atoms with Crippen LogP contribution in [0.5, 0.6) is 0 Å². The topological polar surface area (TPSA) is 204 Å². The highest BCUT2D eigenvalue weighted by atomic mass is 16.7. The average molecular weight is 420 g/mol. The van der Waals surface area contributed by atoms with Crippen molar-refractivity contribution in [3.8, 4) is 0 Å². The predicted octanol–water partition coefficient (Wildman–Crippen LogP) is -4.51. The maximum Gasteiger partial charge on any atom is 0.330 e. The molecule has 2 aliphatic heterocycles. The van der Waals surface area contributed by atoms with E-state index in [1.165, 1.54) is 0 Å². The lowest BCUT2D eigenvalue weighted by atomic mass is 9.99. The fourth-order valence-electron chi connectivity index (χ4n) is 3.27. The summed E-state index contributed by atoms with van der Waals surface area (Å²) in [5.41, 5.74) is -1.61. The van der Waals surface area contributed by atoms with Crippen LogP contribution in [-0.2, 0) is 20.8 Å². The molecule has 0 bridgehead atoms. The minimum Gasteiger partial charge on any atom is -0.394 e. The number of ether oxygens (including phenoxy) is 3. The Morgan fingerprint density at radius 2 is 1.72 bits per heavy atom. The summed E-state index contributed by atoms with van der Waals surface area (Å²) >= 11 is 0. The Kier molecular flexibility index (Phi) is 6.83. The highest BCUT2D eigenvalue weighted by molar-refractivity contribution is 5.04. The predicted molar refractivity (Wildman–Crippen MR) is 91.5 cm³/mol. The SMILES string of the molecule is O=c1[nH]c(=O)n([C@H]2C[C@H](O)[C@@H](CO)O2)cc1CO[C@@H]1O[C@H](CO)[C@@H](O)[C@H](O)[C@H]1O. The van der Waals surface area contributed by atoms with Crippen LogP contribution in [0.25, 0.3) is 0 Å². The molecule has 0 aromatic carbocycles. The lowest BCUT2D eigenvalue weighted by Gasteiger charge is -2.39. The molecule has 1 aromatic heterocycles. The zero-order valence-electron chi connectivity index (χ0n) is 15.2. The molecule has 164 valence electrons. The molecule has 13 heteroatoms. The number of aromatic amines is 1. The number of hydrogen-bond donors (Lipinski definition) is 7. The molecule has 7 N–H and O–H groups in total. The van der Waals surface area contributed by atoms with E-state index in [9.17, 15) is 35.1 Å². The fourth-order valence-corrected chi connectivity index (χ4v) is 3.27. The Morgan fingerprint density at radius 3 is 2.34 bits per heavy atom. The summed E-state index contributed by atoms with van der Waals surface area (Å²) in [6, 6.07) is 0. The fraction of sp³-hybridized carbons (Fsp3) is 0.750. The summed E-state index contributed by atoms with van der Waals surface area (Å²) < 4.78 is 16.9. The van der Waals surface area contributed by atoms with E-state index in [0.29, 0.717) is 0 Å². The van der Waals surface area contributed by atoms with Crippen LogP contribution in [0.15, 0.2) is 15.8 Å². The Balaban J connectivity index is 1.75. The monoisotopic (exact) mass is 420 g/mol. The van der Waals surface area contributed by atoms with Gasteiger partial charge in [-0.2, -0.15) is 0 Å². The molecule has 0 spiro atoms. The van der Waals surface area contributed by atoms with E-state index in [2.05, 4.69) is 4.98 Å². The molecule has 29 heavy (non-hydrogen) atoms. The van der Waals surface area contributed by atoms with Gasteiger partial charge in [-0.3, -0.25) is 14.3 Å². The summed E-state index contributed by atoms with van der Waals surface area (Å²) in [6.07, 6.45) is -9.05. The largest absolute Gasteiger partial charge is 0.394 e. The first-order valence-electron chi connectivity index (χ1n) is 8.97. The molecule has 13 nitrogen and oxygen atoms in total. The highest BCUT2D eigenvalue weighted by Gasteiger charge is 2.44. The van der Waals surface area contributed by atoms with Crippen LogP contribution in [0.3, 0.4) is 0 Å². The molecule has 2 aliphatic rings. The molecular formula is C16H24N2O11. The minimum absolute atomic E-state index is 0.0180. The quantitative estimate of drug-likeness (QED) is 0.233. The van der Waals surface area contributed by atoms with E-state index < -0.39 is 80.2 Å². The van der Waals surface area contributed by atoms with E-state index in [1.54, 1.807) is 0 Å². The van der Waals surface area contributed by atoms with Crippen molar-refractivity contribution in [3.63, 3.8) is 0 Å². The maximum absolute atomic E-state index is 12.1. The van der Waals surface area contributed by atoms with Crippen LogP contribution < -0.4 is 11.2 Å². The number of aliphatic hydroxyl groups is 6. The first-order chi connectivity index (χ1) is 13.8. The molecule has 0 aliphatic carbocycles. The van der Waals surface area contributed by atoms with Gasteiger partial charge in [-0.05, 0) is 0 Å². The van der Waals surface area contributed by atoms with Gasteiger partial charge in [-0.15, -0.1) is 0 Å². The van der Waals surface area contributed by atoms with Gasteiger partial charge in [0.1, 0.15) is 36.7 Å². The summed E-state index contributed by atoms with van der Waals surface area (Å²) in [5.74, 6) is 0. The molecule has 0 amide bonds. The van der Waals surface area contributed by atoms with Crippen LogP contribution in [0.1, 0.15) is 18.2 Å². The normalized spacial score (nSPS) is 37.7. The Bertz CT molecular complexity index is 809. The van der Waals surface area contributed by atoms with Crippen molar-refractivity contribution in [3.05, 3.63) is 32.6 Å². The number of nitrogens with one attached hydrogen (secondary N) is 1. The molecule has 3 heterocycles. The van der Waals surface area contributed by atoms with Gasteiger partial charge in [-0.25, -0.2) is 4.79 Å². The molecule has 8 atom stereocenters. The van der Waals surface area contributed by atoms with Crippen molar-refractivity contribution < 1.29 is 44.8 Å². The Labute approximate surface area is 163 Å². The molecule has 1 aromatic rings. The second-order valence-electron chi connectivity index (χ2n) is 6.94. The summed E-state index contributed by atoms with van der Waals surface area (Å²) in [5, 5.41) is 57.7. The van der Waals surface area contributed by atoms with Gasteiger partial charge in [-0.1, -0.05) is 0 Å². The highest BCUT2D eigenvalue weighted by Crippen LogP contribution is 2.27. The van der Waals surface area contributed by atoms with Crippen LogP contribution >= 0.6 is 0 Å². The van der Waals surface area contributed by atoms with Crippen LogP contribution in [0.4, 0.5) is 0 Å². The third-order valence-electron chi connectivity index (χ3n) is 4.99. The van der Waals surface area contributed by atoms with Crippen LogP contribution in [0, 0.1) is 0 Å². The maximum atomic E-state index is 12.1. The number of nitrogens with zero attached hydrogens (tertiary/aromatic N) is 1. The summed E-state index contributed by atoms with van der Waals surface area (Å²) in [4.78, 5) is 26.2. The lowest BCUT2D eigenvalue weighted by Crippen LogP contribution is -2.59. The number of hydrogen-bond acceptors (Lipinski definition) is 11. The Hall–Kier alpha value is -1.68. The standard InChI is InChI=1S/C16H24N2O11/c19-3-8-7(21)1-10(28-8)18-2-6(14(25)17-16(18)26)5-27-15-13(24)12(23)11(22)9(4-20)29-15/h2,7-13,15,19-24H,1,3-5H2,(H,17,25,26)/t7-,8+,9+,10+,11+,12-,13+,15+/m0/s1. The number of aliphatic hydroxyl groups excluding tert-OH is 6. The summed E-state index contributed by atoms with van der Waals surface area (Å²) in [7, 11) is 0. The second kappa shape index (κ2) is 8.99. The summed E-state index contributed by atoms with van der Waals surface area (Å²) in [6.45, 7) is -1.52.